The van der Waals surface area contributed by atoms with Gasteiger partial charge in [-0.1, -0.05) is 19.9 Å². The Bertz CT molecular complexity index is 641. The molecule has 0 aliphatic rings. The van der Waals surface area contributed by atoms with Crippen LogP contribution in [0.15, 0.2) is 42.7 Å². The van der Waals surface area contributed by atoms with E-state index in [0.717, 1.165) is 17.1 Å². The number of ether oxygens (including phenoxy) is 1. The first-order chi connectivity index (χ1) is 10.6. The number of pyridine rings is 1. The van der Waals surface area contributed by atoms with Gasteiger partial charge in [-0.05, 0) is 24.1 Å². The maximum absolute atomic E-state index is 12.1. The van der Waals surface area contributed by atoms with E-state index in [1.165, 1.54) is 0 Å². The Labute approximate surface area is 130 Å². The number of rotatable bonds is 6. The highest BCUT2D eigenvalue weighted by molar-refractivity contribution is 5.94. The highest BCUT2D eigenvalue weighted by Gasteiger charge is 2.07. The van der Waals surface area contributed by atoms with Gasteiger partial charge in [0.2, 0.25) is 0 Å². The largest absolute Gasteiger partial charge is 0.497 e. The Balaban J connectivity index is 2.09. The van der Waals surface area contributed by atoms with Gasteiger partial charge < -0.3 is 15.4 Å². The highest BCUT2D eigenvalue weighted by Crippen LogP contribution is 2.21. The third-order valence-electron chi connectivity index (χ3n) is 3.03. The van der Waals surface area contributed by atoms with Gasteiger partial charge >= 0.3 is 0 Å². The summed E-state index contributed by atoms with van der Waals surface area (Å²) >= 11 is 0. The van der Waals surface area contributed by atoms with Crippen LogP contribution in [0, 0.1) is 5.92 Å². The quantitative estimate of drug-likeness (QED) is 0.859. The number of amides is 1. The Morgan fingerprint density at radius 1 is 1.23 bits per heavy atom. The van der Waals surface area contributed by atoms with Crippen LogP contribution in [-0.2, 0) is 0 Å². The number of carbonyl (C=O) groups excluding carboxylic acids is 1. The normalized spacial score (nSPS) is 10.4. The molecule has 1 aromatic carbocycles. The lowest BCUT2D eigenvalue weighted by Gasteiger charge is -2.10. The number of anilines is 2. The SMILES string of the molecule is COc1cccc(Nc2cncc(C(=O)NCC(C)C)c2)c1. The first kappa shape index (κ1) is 15.8. The van der Waals surface area contributed by atoms with Gasteiger partial charge in [0.25, 0.3) is 5.91 Å². The van der Waals surface area contributed by atoms with E-state index in [1.807, 2.05) is 24.3 Å². The molecule has 5 heteroatoms. The maximum atomic E-state index is 12.1. The van der Waals surface area contributed by atoms with Gasteiger partial charge in [0.1, 0.15) is 5.75 Å². The van der Waals surface area contributed by atoms with Gasteiger partial charge in [-0.3, -0.25) is 9.78 Å². The van der Waals surface area contributed by atoms with Crippen molar-refractivity contribution in [3.8, 4) is 5.75 Å². The van der Waals surface area contributed by atoms with Crippen LogP contribution in [0.2, 0.25) is 0 Å². The molecule has 2 aromatic rings. The molecule has 0 bridgehead atoms. The zero-order chi connectivity index (χ0) is 15.9. The summed E-state index contributed by atoms with van der Waals surface area (Å²) in [7, 11) is 1.63. The third-order valence-corrected chi connectivity index (χ3v) is 3.03. The predicted octanol–water partition coefficient (Wildman–Crippen LogP) is 3.22. The van der Waals surface area contributed by atoms with E-state index in [2.05, 4.69) is 29.5 Å². The third kappa shape index (κ3) is 4.48. The van der Waals surface area contributed by atoms with Crippen molar-refractivity contribution in [2.24, 2.45) is 5.92 Å². The zero-order valence-electron chi connectivity index (χ0n) is 13.1. The fourth-order valence-electron chi connectivity index (χ4n) is 1.90. The Hall–Kier alpha value is -2.56. The fourth-order valence-corrected chi connectivity index (χ4v) is 1.90. The lowest BCUT2D eigenvalue weighted by molar-refractivity contribution is 0.0948. The molecule has 0 aliphatic heterocycles. The Morgan fingerprint density at radius 3 is 2.77 bits per heavy atom. The van der Waals surface area contributed by atoms with Gasteiger partial charge in [0.15, 0.2) is 0 Å². The maximum Gasteiger partial charge on any atom is 0.252 e. The minimum Gasteiger partial charge on any atom is -0.497 e. The summed E-state index contributed by atoms with van der Waals surface area (Å²) in [6.07, 6.45) is 3.24. The molecule has 2 rings (SSSR count). The van der Waals surface area contributed by atoms with Crippen LogP contribution >= 0.6 is 0 Å². The van der Waals surface area contributed by atoms with Crippen LogP contribution in [0.3, 0.4) is 0 Å². The monoisotopic (exact) mass is 299 g/mol. The number of benzene rings is 1. The van der Waals surface area contributed by atoms with Gasteiger partial charge in [0.05, 0.1) is 24.6 Å². The van der Waals surface area contributed by atoms with Crippen molar-refractivity contribution in [3.63, 3.8) is 0 Å². The lowest BCUT2D eigenvalue weighted by Crippen LogP contribution is -2.27. The molecular formula is C17H21N3O2. The summed E-state index contributed by atoms with van der Waals surface area (Å²) < 4.78 is 5.19. The summed E-state index contributed by atoms with van der Waals surface area (Å²) in [5, 5.41) is 6.10. The van der Waals surface area contributed by atoms with E-state index in [9.17, 15) is 4.79 Å². The fraction of sp³-hybridized carbons (Fsp3) is 0.294. The summed E-state index contributed by atoms with van der Waals surface area (Å²) in [6.45, 7) is 4.75. The molecule has 1 heterocycles. The van der Waals surface area contributed by atoms with Crippen molar-refractivity contribution in [2.45, 2.75) is 13.8 Å². The summed E-state index contributed by atoms with van der Waals surface area (Å²) in [5.74, 6) is 1.06. The van der Waals surface area contributed by atoms with Crippen molar-refractivity contribution in [1.82, 2.24) is 10.3 Å². The van der Waals surface area contributed by atoms with Gasteiger partial charge in [-0.2, -0.15) is 0 Å². The molecule has 1 aromatic heterocycles. The zero-order valence-corrected chi connectivity index (χ0v) is 13.1. The average molecular weight is 299 g/mol. The number of aromatic nitrogens is 1. The summed E-state index contributed by atoms with van der Waals surface area (Å²) in [4.78, 5) is 16.2. The van der Waals surface area contributed by atoms with Gasteiger partial charge in [-0.25, -0.2) is 0 Å². The molecule has 0 spiro atoms. The molecule has 0 unspecified atom stereocenters. The molecule has 22 heavy (non-hydrogen) atoms. The lowest BCUT2D eigenvalue weighted by atomic mass is 10.2. The van der Waals surface area contributed by atoms with Crippen LogP contribution < -0.4 is 15.4 Å². The molecule has 0 saturated heterocycles. The molecule has 5 nitrogen and oxygen atoms in total. The van der Waals surface area contributed by atoms with E-state index in [-0.39, 0.29) is 5.91 Å². The van der Waals surface area contributed by atoms with Crippen molar-refractivity contribution >= 4 is 17.3 Å². The van der Waals surface area contributed by atoms with E-state index in [0.29, 0.717) is 18.0 Å². The van der Waals surface area contributed by atoms with E-state index >= 15 is 0 Å². The second kappa shape index (κ2) is 7.45. The highest BCUT2D eigenvalue weighted by atomic mass is 16.5. The number of hydrogen-bond acceptors (Lipinski definition) is 4. The molecule has 0 aliphatic carbocycles. The van der Waals surface area contributed by atoms with E-state index in [4.69, 9.17) is 4.74 Å². The molecule has 0 saturated carbocycles. The van der Waals surface area contributed by atoms with Crippen LogP contribution in [0.5, 0.6) is 5.75 Å². The van der Waals surface area contributed by atoms with Gasteiger partial charge in [0, 0.05) is 24.5 Å². The van der Waals surface area contributed by atoms with Crippen molar-refractivity contribution in [2.75, 3.05) is 19.0 Å². The molecule has 0 radical (unpaired) electrons. The van der Waals surface area contributed by atoms with Crippen LogP contribution in [0.25, 0.3) is 0 Å². The van der Waals surface area contributed by atoms with Crippen LogP contribution in [-0.4, -0.2) is 24.5 Å². The van der Waals surface area contributed by atoms with Gasteiger partial charge in [-0.15, -0.1) is 0 Å². The average Bonchev–Trinajstić information content (AvgIpc) is 2.53. The smallest absolute Gasteiger partial charge is 0.252 e. The van der Waals surface area contributed by atoms with Crippen LogP contribution in [0.1, 0.15) is 24.2 Å². The van der Waals surface area contributed by atoms with Crippen molar-refractivity contribution in [3.05, 3.63) is 48.3 Å². The number of methoxy groups -OCH3 is 1. The number of hydrogen-bond donors (Lipinski definition) is 2. The standard InChI is InChI=1S/C17H21N3O2/c1-12(2)9-19-17(21)13-7-15(11-18-10-13)20-14-5-4-6-16(8-14)22-3/h4-8,10-12,20H,9H2,1-3H3,(H,19,21). The Morgan fingerprint density at radius 2 is 2.05 bits per heavy atom. The van der Waals surface area contributed by atoms with Crippen LogP contribution in [0.4, 0.5) is 11.4 Å². The minimum atomic E-state index is -0.115. The first-order valence-electron chi connectivity index (χ1n) is 7.23. The predicted molar refractivity (Wildman–Crippen MR) is 87.7 cm³/mol. The second-order valence-corrected chi connectivity index (χ2v) is 5.42. The number of nitrogens with zero attached hydrogens (tertiary/aromatic N) is 1. The second-order valence-electron chi connectivity index (χ2n) is 5.42. The molecular weight excluding hydrogens is 278 g/mol. The minimum absolute atomic E-state index is 0.115. The molecule has 2 N–H and O–H groups in total. The summed E-state index contributed by atoms with van der Waals surface area (Å²) in [5.41, 5.74) is 2.17. The van der Waals surface area contributed by atoms with E-state index < -0.39 is 0 Å². The topological polar surface area (TPSA) is 63.2 Å². The number of carbonyl (C=O) groups is 1. The molecule has 116 valence electrons. The number of nitrogens with one attached hydrogen (secondary N) is 2. The Kier molecular flexibility index (Phi) is 5.36. The van der Waals surface area contributed by atoms with Crippen molar-refractivity contribution in [1.29, 1.82) is 0 Å². The first-order valence-corrected chi connectivity index (χ1v) is 7.23. The molecule has 0 fully saturated rings. The summed E-state index contributed by atoms with van der Waals surface area (Å²) in [6, 6.07) is 9.36. The molecule has 1 amide bonds. The molecule has 0 atom stereocenters. The van der Waals surface area contributed by atoms with Crippen molar-refractivity contribution < 1.29 is 9.53 Å². The van der Waals surface area contributed by atoms with E-state index in [1.54, 1.807) is 25.6 Å².